The third-order valence-electron chi connectivity index (χ3n) is 4.17. The average Bonchev–Trinajstić information content (AvgIpc) is 3.35. The summed E-state index contributed by atoms with van der Waals surface area (Å²) in [5.74, 6) is -0.127. The zero-order valence-corrected chi connectivity index (χ0v) is 14.6. The normalized spacial score (nSPS) is 14.0. The van der Waals surface area contributed by atoms with Gasteiger partial charge in [0, 0.05) is 37.6 Å². The molecule has 1 aliphatic rings. The van der Waals surface area contributed by atoms with Crippen LogP contribution in [0.5, 0.6) is 0 Å². The fourth-order valence-electron chi connectivity index (χ4n) is 2.87. The molecule has 8 nitrogen and oxygen atoms in total. The first-order valence-electron chi connectivity index (χ1n) is 8.21. The van der Waals surface area contributed by atoms with E-state index in [1.807, 2.05) is 12.1 Å². The lowest BCUT2D eigenvalue weighted by Gasteiger charge is -2.30. The number of fused-ring (bicyclic) bond motifs is 1. The molecule has 1 aliphatic heterocycles. The molecule has 132 valence electrons. The fourth-order valence-corrected chi connectivity index (χ4v) is 3.13. The molecule has 0 radical (unpaired) electrons. The summed E-state index contributed by atoms with van der Waals surface area (Å²) in [5.41, 5.74) is 2.72. The van der Waals surface area contributed by atoms with Crippen molar-refractivity contribution in [3.8, 4) is 0 Å². The van der Waals surface area contributed by atoms with Gasteiger partial charge in [0.05, 0.1) is 0 Å². The van der Waals surface area contributed by atoms with Crippen LogP contribution in [0.4, 0.5) is 0 Å². The molecular weight excluding hydrogens is 352 g/mol. The van der Waals surface area contributed by atoms with E-state index in [0.29, 0.717) is 41.3 Å². The first-order chi connectivity index (χ1) is 12.7. The van der Waals surface area contributed by atoms with E-state index in [-0.39, 0.29) is 5.91 Å². The number of hydrazine groups is 1. The Labute approximate surface area is 154 Å². The minimum Gasteiger partial charge on any atom is -0.357 e. The van der Waals surface area contributed by atoms with E-state index in [1.165, 1.54) is 0 Å². The lowest BCUT2D eigenvalue weighted by atomic mass is 10.2. The molecule has 1 N–H and O–H groups in total. The zero-order chi connectivity index (χ0) is 17.9. The molecule has 1 saturated heterocycles. The van der Waals surface area contributed by atoms with E-state index in [4.69, 9.17) is 12.2 Å². The van der Waals surface area contributed by atoms with E-state index in [1.54, 1.807) is 40.6 Å². The number of benzene rings is 1. The second-order valence-corrected chi connectivity index (χ2v) is 6.28. The van der Waals surface area contributed by atoms with Gasteiger partial charge in [-0.25, -0.2) is 9.64 Å². The molecule has 3 heterocycles. The van der Waals surface area contributed by atoms with Crippen molar-refractivity contribution < 1.29 is 9.42 Å². The van der Waals surface area contributed by atoms with Crippen LogP contribution in [0, 0.1) is 0 Å². The maximum Gasteiger partial charge on any atom is 0.272 e. The average molecular weight is 368 g/mol. The smallest absolute Gasteiger partial charge is 0.272 e. The summed E-state index contributed by atoms with van der Waals surface area (Å²) in [7, 11) is 0. The van der Waals surface area contributed by atoms with Crippen LogP contribution in [-0.4, -0.2) is 49.4 Å². The third kappa shape index (κ3) is 3.21. The molecule has 1 fully saturated rings. The Balaban J connectivity index is 1.46. The summed E-state index contributed by atoms with van der Waals surface area (Å²) >= 11 is 5.49. The van der Waals surface area contributed by atoms with Crippen molar-refractivity contribution in [2.24, 2.45) is 0 Å². The molecule has 0 unspecified atom stereocenters. The highest BCUT2D eigenvalue weighted by atomic mass is 32.1. The summed E-state index contributed by atoms with van der Waals surface area (Å²) in [6.45, 7) is 1.86. The van der Waals surface area contributed by atoms with E-state index in [9.17, 15) is 4.79 Å². The molecular formula is C17H16N6O2S. The number of pyridine rings is 1. The lowest BCUT2D eigenvalue weighted by Crippen LogP contribution is -2.48. The molecule has 1 aromatic carbocycles. The minimum atomic E-state index is -0.127. The van der Waals surface area contributed by atoms with E-state index in [2.05, 4.69) is 25.2 Å². The first kappa shape index (κ1) is 16.4. The van der Waals surface area contributed by atoms with Gasteiger partial charge in [-0.1, -0.05) is 6.07 Å². The number of rotatable bonds is 3. The second kappa shape index (κ2) is 7.04. The summed E-state index contributed by atoms with van der Waals surface area (Å²) in [5, 5.41) is 14.7. The number of hydrogen-bond donors (Lipinski definition) is 1. The predicted octanol–water partition coefficient (Wildman–Crippen LogP) is 1.76. The molecule has 26 heavy (non-hydrogen) atoms. The lowest BCUT2D eigenvalue weighted by molar-refractivity contribution is 0.0491. The number of aromatic nitrogens is 3. The van der Waals surface area contributed by atoms with Gasteiger partial charge in [0.15, 0.2) is 5.11 Å². The molecule has 3 aromatic rings. The molecule has 0 saturated carbocycles. The van der Waals surface area contributed by atoms with Gasteiger partial charge in [-0.2, -0.15) is 0 Å². The van der Waals surface area contributed by atoms with E-state index >= 15 is 0 Å². The van der Waals surface area contributed by atoms with Crippen molar-refractivity contribution >= 4 is 34.3 Å². The van der Waals surface area contributed by atoms with Crippen molar-refractivity contribution in [2.45, 2.75) is 13.0 Å². The highest BCUT2D eigenvalue weighted by Gasteiger charge is 2.29. The standard InChI is InChI=1S/C17H16N6O2S/c24-16(13-4-5-14-15(9-13)21-25-20-14)22-7-2-8-23(22)17(26)19-11-12-3-1-6-18-10-12/h1,3-6,9-10H,2,7-8,11H2,(H,19,26). The van der Waals surface area contributed by atoms with Crippen LogP contribution in [0.25, 0.3) is 11.0 Å². The van der Waals surface area contributed by atoms with Crippen molar-refractivity contribution in [1.29, 1.82) is 0 Å². The summed E-state index contributed by atoms with van der Waals surface area (Å²) in [6, 6.07) is 8.96. The summed E-state index contributed by atoms with van der Waals surface area (Å²) in [6.07, 6.45) is 4.36. The molecule has 4 rings (SSSR count). The zero-order valence-electron chi connectivity index (χ0n) is 13.8. The van der Waals surface area contributed by atoms with Gasteiger partial charge in [-0.3, -0.25) is 14.8 Å². The van der Waals surface area contributed by atoms with Gasteiger partial charge >= 0.3 is 0 Å². The van der Waals surface area contributed by atoms with Gasteiger partial charge in [-0.05, 0) is 58.8 Å². The van der Waals surface area contributed by atoms with Crippen LogP contribution in [0.1, 0.15) is 22.3 Å². The Morgan fingerprint density at radius 2 is 2.04 bits per heavy atom. The van der Waals surface area contributed by atoms with Gasteiger partial charge in [0.2, 0.25) is 0 Å². The van der Waals surface area contributed by atoms with Crippen LogP contribution in [0.2, 0.25) is 0 Å². The predicted molar refractivity (Wildman–Crippen MR) is 97.8 cm³/mol. The summed E-state index contributed by atoms with van der Waals surface area (Å²) < 4.78 is 4.69. The maximum absolute atomic E-state index is 12.9. The van der Waals surface area contributed by atoms with E-state index in [0.717, 1.165) is 12.0 Å². The molecule has 9 heteroatoms. The Morgan fingerprint density at radius 1 is 1.19 bits per heavy atom. The number of thiocarbonyl (C=S) groups is 1. The monoisotopic (exact) mass is 368 g/mol. The Bertz CT molecular complexity index is 945. The maximum atomic E-state index is 12.9. The number of nitrogens with zero attached hydrogens (tertiary/aromatic N) is 5. The number of amides is 1. The van der Waals surface area contributed by atoms with Gasteiger partial charge < -0.3 is 5.32 Å². The molecule has 0 bridgehead atoms. The minimum absolute atomic E-state index is 0.127. The Kier molecular flexibility index (Phi) is 4.44. The SMILES string of the molecule is O=C(c1ccc2nonc2c1)N1CCCN1C(=S)NCc1cccnc1. The second-order valence-electron chi connectivity index (χ2n) is 5.89. The Hall–Kier alpha value is -3.07. The number of nitrogens with one attached hydrogen (secondary N) is 1. The fraction of sp³-hybridized carbons (Fsp3) is 0.235. The highest BCUT2D eigenvalue weighted by molar-refractivity contribution is 7.80. The number of hydrogen-bond acceptors (Lipinski definition) is 6. The van der Waals surface area contributed by atoms with Crippen molar-refractivity contribution in [1.82, 2.24) is 30.6 Å². The topological polar surface area (TPSA) is 87.4 Å². The first-order valence-corrected chi connectivity index (χ1v) is 8.61. The number of carbonyl (C=O) groups excluding carboxylic acids is 1. The van der Waals surface area contributed by atoms with Crippen molar-refractivity contribution in [3.05, 3.63) is 53.9 Å². The summed E-state index contributed by atoms with van der Waals surface area (Å²) in [4.78, 5) is 17.0. The molecule has 0 aliphatic carbocycles. The van der Waals surface area contributed by atoms with Crippen molar-refractivity contribution in [2.75, 3.05) is 13.1 Å². The van der Waals surface area contributed by atoms with Crippen molar-refractivity contribution in [3.63, 3.8) is 0 Å². The van der Waals surface area contributed by atoms with Gasteiger partial charge in [0.25, 0.3) is 5.91 Å². The number of carbonyl (C=O) groups is 1. The van der Waals surface area contributed by atoms with Gasteiger partial charge in [-0.15, -0.1) is 0 Å². The van der Waals surface area contributed by atoms with Crippen LogP contribution >= 0.6 is 12.2 Å². The quantitative estimate of drug-likeness (QED) is 0.700. The van der Waals surface area contributed by atoms with Crippen LogP contribution in [0.15, 0.2) is 47.4 Å². The molecule has 2 aromatic heterocycles. The Morgan fingerprint density at radius 3 is 2.88 bits per heavy atom. The third-order valence-corrected chi connectivity index (χ3v) is 4.52. The highest BCUT2D eigenvalue weighted by Crippen LogP contribution is 2.18. The van der Waals surface area contributed by atoms with Crippen LogP contribution in [0.3, 0.4) is 0 Å². The van der Waals surface area contributed by atoms with Crippen LogP contribution < -0.4 is 5.32 Å². The molecule has 0 atom stereocenters. The largest absolute Gasteiger partial charge is 0.357 e. The van der Waals surface area contributed by atoms with Gasteiger partial charge in [0.1, 0.15) is 11.0 Å². The van der Waals surface area contributed by atoms with E-state index < -0.39 is 0 Å². The molecule has 1 amide bonds. The molecule has 0 spiro atoms. The van der Waals surface area contributed by atoms with Crippen LogP contribution in [-0.2, 0) is 6.54 Å².